The first kappa shape index (κ1) is 13.8. The Kier molecular flexibility index (Phi) is 4.37. The Labute approximate surface area is 113 Å². The van der Waals surface area contributed by atoms with Crippen molar-refractivity contribution in [2.75, 3.05) is 20.7 Å². The summed E-state index contributed by atoms with van der Waals surface area (Å²) in [5.41, 5.74) is 6.82. The van der Waals surface area contributed by atoms with Gasteiger partial charge in [-0.15, -0.1) is 0 Å². The van der Waals surface area contributed by atoms with Gasteiger partial charge in [0.1, 0.15) is 11.9 Å². The highest BCUT2D eigenvalue weighted by Gasteiger charge is 2.27. The smallest absolute Gasteiger partial charge is 0.191 e. The first-order chi connectivity index (χ1) is 9.11. The van der Waals surface area contributed by atoms with E-state index in [4.69, 9.17) is 10.5 Å². The third-order valence-electron chi connectivity index (χ3n) is 3.40. The molecule has 2 rings (SSSR count). The molecule has 104 valence electrons. The lowest BCUT2D eigenvalue weighted by Gasteiger charge is -2.19. The molecule has 1 aliphatic rings. The highest BCUT2D eigenvalue weighted by atomic mass is 19.1. The molecular formula is C14H20FN3O. The lowest BCUT2D eigenvalue weighted by Crippen LogP contribution is -2.36. The van der Waals surface area contributed by atoms with Crippen LogP contribution < -0.4 is 5.73 Å². The molecule has 1 saturated carbocycles. The van der Waals surface area contributed by atoms with Gasteiger partial charge in [0.2, 0.25) is 0 Å². The molecule has 0 amide bonds. The number of hydrogen-bond donors (Lipinski definition) is 1. The lowest BCUT2D eigenvalue weighted by atomic mass is 10.1. The van der Waals surface area contributed by atoms with E-state index in [-0.39, 0.29) is 11.9 Å². The Morgan fingerprint density at radius 1 is 1.47 bits per heavy atom. The van der Waals surface area contributed by atoms with E-state index in [0.717, 1.165) is 5.56 Å². The fraction of sp³-hybridized carbons (Fsp3) is 0.500. The van der Waals surface area contributed by atoms with Crippen molar-refractivity contribution in [2.45, 2.75) is 25.0 Å². The number of nitrogens with zero attached hydrogens (tertiary/aromatic N) is 2. The van der Waals surface area contributed by atoms with Crippen LogP contribution in [0.3, 0.4) is 0 Å². The van der Waals surface area contributed by atoms with Crippen molar-refractivity contribution >= 4 is 5.96 Å². The standard InChI is InChI=1S/C14H20FN3O/c1-18(12-7-8-12)14(16)17-9-13(19-2)10-3-5-11(15)6-4-10/h3-6,12-13H,7-9H2,1-2H3,(H2,16,17). The Balaban J connectivity index is 1.98. The van der Waals surface area contributed by atoms with Gasteiger partial charge >= 0.3 is 0 Å². The molecule has 0 spiro atoms. The maximum atomic E-state index is 12.9. The van der Waals surface area contributed by atoms with Gasteiger partial charge in [-0.2, -0.15) is 0 Å². The van der Waals surface area contributed by atoms with E-state index < -0.39 is 0 Å². The van der Waals surface area contributed by atoms with Crippen LogP contribution >= 0.6 is 0 Å². The average Bonchev–Trinajstić information content (AvgIpc) is 3.24. The fourth-order valence-corrected chi connectivity index (χ4v) is 1.93. The molecule has 0 heterocycles. The number of benzene rings is 1. The van der Waals surface area contributed by atoms with Crippen molar-refractivity contribution < 1.29 is 9.13 Å². The number of aliphatic imine (C=N–C) groups is 1. The van der Waals surface area contributed by atoms with Crippen LogP contribution in [0, 0.1) is 5.82 Å². The predicted octanol–water partition coefficient (Wildman–Crippen LogP) is 1.92. The summed E-state index contributed by atoms with van der Waals surface area (Å²) in [6, 6.07) is 6.80. The van der Waals surface area contributed by atoms with E-state index in [9.17, 15) is 4.39 Å². The minimum absolute atomic E-state index is 0.202. The van der Waals surface area contributed by atoms with Gasteiger partial charge in [-0.1, -0.05) is 12.1 Å². The first-order valence-electron chi connectivity index (χ1n) is 6.43. The maximum Gasteiger partial charge on any atom is 0.191 e. The highest BCUT2D eigenvalue weighted by Crippen LogP contribution is 2.25. The SMILES string of the molecule is COC(CN=C(N)N(C)C1CC1)c1ccc(F)cc1. The first-order valence-corrected chi connectivity index (χ1v) is 6.43. The van der Waals surface area contributed by atoms with Crippen LogP contribution in [0.5, 0.6) is 0 Å². The van der Waals surface area contributed by atoms with Crippen molar-refractivity contribution in [3.63, 3.8) is 0 Å². The summed E-state index contributed by atoms with van der Waals surface area (Å²) in [4.78, 5) is 6.35. The summed E-state index contributed by atoms with van der Waals surface area (Å²) in [5, 5.41) is 0. The van der Waals surface area contributed by atoms with Gasteiger partial charge < -0.3 is 15.4 Å². The van der Waals surface area contributed by atoms with Gasteiger partial charge in [-0.05, 0) is 30.5 Å². The fourth-order valence-electron chi connectivity index (χ4n) is 1.93. The molecule has 1 unspecified atom stereocenters. The predicted molar refractivity (Wildman–Crippen MR) is 73.4 cm³/mol. The lowest BCUT2D eigenvalue weighted by molar-refractivity contribution is 0.110. The summed E-state index contributed by atoms with van der Waals surface area (Å²) >= 11 is 0. The van der Waals surface area contributed by atoms with Crippen LogP contribution in [0.15, 0.2) is 29.3 Å². The Morgan fingerprint density at radius 3 is 2.63 bits per heavy atom. The molecule has 1 aliphatic carbocycles. The molecule has 0 radical (unpaired) electrons. The third kappa shape index (κ3) is 3.67. The largest absolute Gasteiger partial charge is 0.375 e. The third-order valence-corrected chi connectivity index (χ3v) is 3.40. The van der Waals surface area contributed by atoms with Crippen molar-refractivity contribution in [3.8, 4) is 0 Å². The molecule has 1 aromatic carbocycles. The molecule has 0 aromatic heterocycles. The van der Waals surface area contributed by atoms with Crippen LogP contribution in [0.1, 0.15) is 24.5 Å². The molecule has 0 aliphatic heterocycles. The summed E-state index contributed by atoms with van der Waals surface area (Å²) < 4.78 is 18.3. The van der Waals surface area contributed by atoms with E-state index >= 15 is 0 Å². The zero-order chi connectivity index (χ0) is 13.8. The van der Waals surface area contributed by atoms with E-state index in [1.807, 2.05) is 11.9 Å². The topological polar surface area (TPSA) is 50.9 Å². The quantitative estimate of drug-likeness (QED) is 0.653. The minimum atomic E-state index is -0.255. The number of methoxy groups -OCH3 is 1. The molecule has 1 fully saturated rings. The van der Waals surface area contributed by atoms with Gasteiger partial charge in [0.15, 0.2) is 5.96 Å². The van der Waals surface area contributed by atoms with E-state index in [0.29, 0.717) is 18.5 Å². The number of hydrogen-bond acceptors (Lipinski definition) is 2. The molecule has 5 heteroatoms. The Morgan fingerprint density at radius 2 is 2.11 bits per heavy atom. The summed E-state index contributed by atoms with van der Waals surface area (Å²) in [6.45, 7) is 0.436. The molecule has 2 N–H and O–H groups in total. The molecule has 0 bridgehead atoms. The summed E-state index contributed by atoms with van der Waals surface area (Å²) in [5.74, 6) is 0.279. The van der Waals surface area contributed by atoms with Gasteiger partial charge in [0.25, 0.3) is 0 Å². The number of nitrogens with two attached hydrogens (primary N) is 1. The Bertz CT molecular complexity index is 443. The molecule has 0 saturated heterocycles. The van der Waals surface area contributed by atoms with Crippen molar-refractivity contribution in [2.24, 2.45) is 10.7 Å². The van der Waals surface area contributed by atoms with Crippen molar-refractivity contribution in [1.82, 2.24) is 4.90 Å². The van der Waals surface area contributed by atoms with Crippen LogP contribution in [0.4, 0.5) is 4.39 Å². The second-order valence-electron chi connectivity index (χ2n) is 4.82. The normalized spacial score (nSPS) is 17.3. The van der Waals surface area contributed by atoms with Crippen LogP contribution in [0.2, 0.25) is 0 Å². The summed E-state index contributed by atoms with van der Waals surface area (Å²) in [7, 11) is 3.57. The van der Waals surface area contributed by atoms with E-state index in [2.05, 4.69) is 4.99 Å². The minimum Gasteiger partial charge on any atom is -0.375 e. The molecule has 19 heavy (non-hydrogen) atoms. The second kappa shape index (κ2) is 6.02. The monoisotopic (exact) mass is 265 g/mol. The number of guanidine groups is 1. The highest BCUT2D eigenvalue weighted by molar-refractivity contribution is 5.78. The van der Waals surface area contributed by atoms with Crippen molar-refractivity contribution in [3.05, 3.63) is 35.6 Å². The maximum absolute atomic E-state index is 12.9. The number of ether oxygens (including phenoxy) is 1. The zero-order valence-corrected chi connectivity index (χ0v) is 11.3. The molecule has 1 atom stereocenters. The zero-order valence-electron chi connectivity index (χ0n) is 11.3. The van der Waals surface area contributed by atoms with Crippen molar-refractivity contribution in [1.29, 1.82) is 0 Å². The van der Waals surface area contributed by atoms with Gasteiger partial charge in [-0.25, -0.2) is 4.39 Å². The van der Waals surface area contributed by atoms with E-state index in [1.54, 1.807) is 19.2 Å². The average molecular weight is 265 g/mol. The second-order valence-corrected chi connectivity index (χ2v) is 4.82. The summed E-state index contributed by atoms with van der Waals surface area (Å²) in [6.07, 6.45) is 2.16. The van der Waals surface area contributed by atoms with Gasteiger partial charge in [0.05, 0.1) is 6.54 Å². The number of halogens is 1. The van der Waals surface area contributed by atoms with Gasteiger partial charge in [0, 0.05) is 20.2 Å². The molecule has 1 aromatic rings. The van der Waals surface area contributed by atoms with Crippen LogP contribution in [-0.2, 0) is 4.74 Å². The van der Waals surface area contributed by atoms with E-state index in [1.165, 1.54) is 25.0 Å². The molecule has 4 nitrogen and oxygen atoms in total. The van der Waals surface area contributed by atoms with Gasteiger partial charge in [-0.3, -0.25) is 4.99 Å². The van der Waals surface area contributed by atoms with Crippen LogP contribution in [0.25, 0.3) is 0 Å². The Hall–Kier alpha value is -1.62. The van der Waals surface area contributed by atoms with Crippen LogP contribution in [-0.4, -0.2) is 37.6 Å². The number of rotatable bonds is 5. The molecular weight excluding hydrogens is 245 g/mol.